The van der Waals surface area contributed by atoms with Crippen LogP contribution in [0.25, 0.3) is 0 Å². The van der Waals surface area contributed by atoms with E-state index in [2.05, 4.69) is 19.2 Å². The van der Waals surface area contributed by atoms with Crippen molar-refractivity contribution < 1.29 is 4.79 Å². The third kappa shape index (κ3) is 11.9. The Morgan fingerprint density at radius 1 is 1.00 bits per heavy atom. The van der Waals surface area contributed by atoms with E-state index in [1.165, 1.54) is 32.1 Å². The maximum Gasteiger partial charge on any atom is 0.222 e. The molecule has 0 aliphatic heterocycles. The lowest BCUT2D eigenvalue weighted by Crippen LogP contribution is -2.23. The van der Waals surface area contributed by atoms with E-state index in [0.717, 1.165) is 25.4 Å². The summed E-state index contributed by atoms with van der Waals surface area (Å²) >= 11 is 0. The van der Waals surface area contributed by atoms with Crippen molar-refractivity contribution in [3.63, 3.8) is 0 Å². The number of amides is 1. The molecule has 108 valence electrons. The summed E-state index contributed by atoms with van der Waals surface area (Å²) in [5.41, 5.74) is 0. The van der Waals surface area contributed by atoms with Crippen LogP contribution < -0.4 is 5.32 Å². The van der Waals surface area contributed by atoms with Gasteiger partial charge in [0.15, 0.2) is 0 Å². The number of nitrogens with zero attached hydrogens (tertiary/aromatic N) is 1. The molecule has 0 spiro atoms. The fourth-order valence-electron chi connectivity index (χ4n) is 1.87. The summed E-state index contributed by atoms with van der Waals surface area (Å²) in [5.74, 6) is 1.07. The first kappa shape index (κ1) is 17.4. The molecule has 3 nitrogen and oxygen atoms in total. The molecule has 0 aromatic carbocycles. The number of unbranched alkanes of at least 4 members (excludes halogenated alkanes) is 3. The smallest absolute Gasteiger partial charge is 0.222 e. The third-order valence-electron chi connectivity index (χ3n) is 3.13. The second kappa shape index (κ2) is 11.5. The first-order valence-electron chi connectivity index (χ1n) is 7.45. The Kier molecular flexibility index (Phi) is 11.2. The molecule has 0 aromatic heterocycles. The lowest BCUT2D eigenvalue weighted by Gasteiger charge is -2.10. The maximum absolute atomic E-state index is 11.3. The van der Waals surface area contributed by atoms with E-state index in [4.69, 9.17) is 0 Å². The molecule has 0 aliphatic rings. The molecule has 0 aromatic rings. The van der Waals surface area contributed by atoms with Crippen LogP contribution in [-0.2, 0) is 4.79 Å². The van der Waals surface area contributed by atoms with Crippen LogP contribution >= 0.6 is 0 Å². The highest BCUT2D eigenvalue weighted by molar-refractivity contribution is 5.75. The lowest BCUT2D eigenvalue weighted by atomic mass is 10.0. The number of hydrogen-bond acceptors (Lipinski definition) is 2. The monoisotopic (exact) mass is 256 g/mol. The topological polar surface area (TPSA) is 32.3 Å². The van der Waals surface area contributed by atoms with Crippen LogP contribution in [0.3, 0.4) is 0 Å². The van der Waals surface area contributed by atoms with Crippen molar-refractivity contribution >= 4 is 5.91 Å². The zero-order chi connectivity index (χ0) is 13.8. The summed E-state index contributed by atoms with van der Waals surface area (Å²) in [6, 6.07) is 0. The van der Waals surface area contributed by atoms with E-state index in [0.29, 0.717) is 6.42 Å². The van der Waals surface area contributed by atoms with Gasteiger partial charge in [-0.15, -0.1) is 0 Å². The van der Waals surface area contributed by atoms with Gasteiger partial charge in [0.1, 0.15) is 0 Å². The van der Waals surface area contributed by atoms with Crippen molar-refractivity contribution in [1.82, 2.24) is 10.2 Å². The van der Waals surface area contributed by atoms with Crippen molar-refractivity contribution in [3.8, 4) is 0 Å². The minimum atomic E-state index is 0.227. The summed E-state index contributed by atoms with van der Waals surface area (Å²) in [6.45, 7) is 6.64. The van der Waals surface area contributed by atoms with Crippen LogP contribution in [-0.4, -0.2) is 38.0 Å². The molecule has 1 N–H and O–H groups in total. The van der Waals surface area contributed by atoms with Gasteiger partial charge in [0.05, 0.1) is 0 Å². The summed E-state index contributed by atoms with van der Waals surface area (Å²) in [6.07, 6.45) is 8.29. The molecule has 0 rings (SSSR count). The zero-order valence-electron chi connectivity index (χ0n) is 12.8. The van der Waals surface area contributed by atoms with Crippen molar-refractivity contribution in [2.75, 3.05) is 27.2 Å². The van der Waals surface area contributed by atoms with Crippen molar-refractivity contribution in [2.45, 2.75) is 58.8 Å². The molecule has 0 atom stereocenters. The number of rotatable bonds is 11. The van der Waals surface area contributed by atoms with Crippen LogP contribution in [0.4, 0.5) is 0 Å². The highest BCUT2D eigenvalue weighted by Crippen LogP contribution is 2.08. The summed E-state index contributed by atoms with van der Waals surface area (Å²) in [4.78, 5) is 13.0. The third-order valence-corrected chi connectivity index (χ3v) is 3.13. The van der Waals surface area contributed by atoms with Gasteiger partial charge in [-0.25, -0.2) is 0 Å². The predicted octanol–water partition coefficient (Wildman–Crippen LogP) is 3.05. The highest BCUT2D eigenvalue weighted by Gasteiger charge is 2.02. The van der Waals surface area contributed by atoms with Crippen LogP contribution in [0.15, 0.2) is 0 Å². The van der Waals surface area contributed by atoms with Gasteiger partial charge in [-0.05, 0) is 31.8 Å². The molecular weight excluding hydrogens is 224 g/mol. The molecule has 0 unspecified atom stereocenters. The molecule has 3 heteroatoms. The Labute approximate surface area is 113 Å². The maximum atomic E-state index is 11.3. The minimum absolute atomic E-state index is 0.227. The van der Waals surface area contributed by atoms with Crippen molar-refractivity contribution in [2.24, 2.45) is 5.92 Å². The quantitative estimate of drug-likeness (QED) is 0.576. The highest BCUT2D eigenvalue weighted by atomic mass is 16.2. The van der Waals surface area contributed by atoms with E-state index in [-0.39, 0.29) is 5.91 Å². The average molecular weight is 256 g/mol. The van der Waals surface area contributed by atoms with Crippen molar-refractivity contribution in [1.29, 1.82) is 0 Å². The molecule has 18 heavy (non-hydrogen) atoms. The largest absolute Gasteiger partial charge is 0.349 e. The standard InChI is InChI=1S/C15H32N2O/c1-14(2)10-7-5-6-8-12-16-13-9-11-15(18)17(3)4/h14,16H,5-13H2,1-4H3. The molecule has 0 bridgehead atoms. The Morgan fingerprint density at radius 3 is 2.22 bits per heavy atom. The van der Waals surface area contributed by atoms with Crippen LogP contribution in [0.1, 0.15) is 58.8 Å². The van der Waals surface area contributed by atoms with Crippen LogP contribution in [0, 0.1) is 5.92 Å². The van der Waals surface area contributed by atoms with E-state index in [1.54, 1.807) is 4.90 Å². The Balaban J connectivity index is 3.10. The average Bonchev–Trinajstić information content (AvgIpc) is 2.30. The molecule has 0 fully saturated rings. The van der Waals surface area contributed by atoms with Gasteiger partial charge in [0, 0.05) is 20.5 Å². The van der Waals surface area contributed by atoms with Crippen molar-refractivity contribution in [3.05, 3.63) is 0 Å². The molecule has 0 saturated heterocycles. The van der Waals surface area contributed by atoms with E-state index < -0.39 is 0 Å². The molecule has 0 radical (unpaired) electrons. The number of nitrogens with one attached hydrogen (secondary N) is 1. The summed E-state index contributed by atoms with van der Waals surface area (Å²) < 4.78 is 0. The Hall–Kier alpha value is -0.570. The normalized spacial score (nSPS) is 10.9. The molecular formula is C15H32N2O. The second-order valence-corrected chi connectivity index (χ2v) is 5.74. The van der Waals surface area contributed by atoms with Gasteiger partial charge in [0.2, 0.25) is 5.91 Å². The number of hydrogen-bond donors (Lipinski definition) is 1. The first-order valence-corrected chi connectivity index (χ1v) is 7.45. The van der Waals surface area contributed by atoms with Gasteiger partial charge < -0.3 is 10.2 Å². The van der Waals surface area contributed by atoms with E-state index in [1.807, 2.05) is 14.1 Å². The summed E-state index contributed by atoms with van der Waals surface area (Å²) in [7, 11) is 3.62. The molecule has 1 amide bonds. The van der Waals surface area contributed by atoms with Gasteiger partial charge in [-0.1, -0.05) is 39.5 Å². The Bertz CT molecular complexity index is 203. The first-order chi connectivity index (χ1) is 8.54. The SMILES string of the molecule is CC(C)CCCCCCNCCCC(=O)N(C)C. The minimum Gasteiger partial charge on any atom is -0.349 e. The van der Waals surface area contributed by atoms with Gasteiger partial charge >= 0.3 is 0 Å². The predicted molar refractivity (Wildman–Crippen MR) is 78.7 cm³/mol. The fraction of sp³-hybridized carbons (Fsp3) is 0.933. The lowest BCUT2D eigenvalue weighted by molar-refractivity contribution is -0.128. The van der Waals surface area contributed by atoms with Gasteiger partial charge in [0.25, 0.3) is 0 Å². The van der Waals surface area contributed by atoms with E-state index >= 15 is 0 Å². The summed E-state index contributed by atoms with van der Waals surface area (Å²) in [5, 5.41) is 3.41. The van der Waals surface area contributed by atoms with Crippen LogP contribution in [0.2, 0.25) is 0 Å². The fourth-order valence-corrected chi connectivity index (χ4v) is 1.87. The molecule has 0 saturated carbocycles. The number of carbonyl (C=O) groups is 1. The zero-order valence-corrected chi connectivity index (χ0v) is 12.8. The molecule has 0 heterocycles. The van der Waals surface area contributed by atoms with E-state index in [9.17, 15) is 4.79 Å². The second-order valence-electron chi connectivity index (χ2n) is 5.74. The number of carbonyl (C=O) groups excluding carboxylic acids is 1. The van der Waals surface area contributed by atoms with Gasteiger partial charge in [-0.3, -0.25) is 4.79 Å². The van der Waals surface area contributed by atoms with Crippen LogP contribution in [0.5, 0.6) is 0 Å². The van der Waals surface area contributed by atoms with Gasteiger partial charge in [-0.2, -0.15) is 0 Å². The Morgan fingerprint density at radius 2 is 1.61 bits per heavy atom. The molecule has 0 aliphatic carbocycles.